The number of fused-ring (bicyclic) bond motifs is 4. The maximum atomic E-state index is 12.8. The van der Waals surface area contributed by atoms with Crippen molar-refractivity contribution in [3.8, 4) is 33.8 Å². The summed E-state index contributed by atoms with van der Waals surface area (Å²) in [6.45, 7) is 0. The summed E-state index contributed by atoms with van der Waals surface area (Å²) in [6.07, 6.45) is 0.472. The molecule has 2 aromatic carbocycles. The molecule has 0 radical (unpaired) electrons. The van der Waals surface area contributed by atoms with Gasteiger partial charge in [-0.1, -0.05) is 36.4 Å². The average molecular weight is 412 g/mol. The van der Waals surface area contributed by atoms with E-state index in [0.717, 1.165) is 22.3 Å². The van der Waals surface area contributed by atoms with E-state index in [1.807, 2.05) is 36.4 Å². The van der Waals surface area contributed by atoms with Crippen molar-refractivity contribution in [3.05, 3.63) is 95.1 Å². The Balaban J connectivity index is 1.47. The fourth-order valence-electron chi connectivity index (χ4n) is 3.92. The van der Waals surface area contributed by atoms with Crippen LogP contribution >= 0.6 is 0 Å². The predicted octanol–water partition coefficient (Wildman–Crippen LogP) is 4.70. The van der Waals surface area contributed by atoms with Crippen LogP contribution in [0.3, 0.4) is 0 Å². The van der Waals surface area contributed by atoms with Crippen molar-refractivity contribution in [1.82, 2.24) is 0 Å². The highest BCUT2D eigenvalue weighted by Gasteiger charge is 2.28. The Morgan fingerprint density at radius 1 is 0.774 bits per heavy atom. The lowest BCUT2D eigenvalue weighted by Crippen LogP contribution is -2.12. The van der Waals surface area contributed by atoms with E-state index in [9.17, 15) is 19.8 Å². The molecule has 0 bridgehead atoms. The fourth-order valence-corrected chi connectivity index (χ4v) is 3.92. The van der Waals surface area contributed by atoms with E-state index in [2.05, 4.69) is 0 Å². The van der Waals surface area contributed by atoms with Gasteiger partial charge in [-0.3, -0.25) is 0 Å². The number of phenols is 2. The second-order valence-electron chi connectivity index (χ2n) is 7.30. The molecule has 2 aromatic rings. The number of benzene rings is 2. The molecule has 0 spiro atoms. The molecule has 0 aromatic heterocycles. The Morgan fingerprint density at radius 2 is 1.52 bits per heavy atom. The molecule has 0 atom stereocenters. The molecule has 3 aliphatic rings. The van der Waals surface area contributed by atoms with Crippen LogP contribution in [0.25, 0.3) is 22.3 Å². The predicted molar refractivity (Wildman–Crippen MR) is 112 cm³/mol. The van der Waals surface area contributed by atoms with Crippen molar-refractivity contribution >= 4 is 11.9 Å². The quantitative estimate of drug-likeness (QED) is 0.322. The van der Waals surface area contributed by atoms with Gasteiger partial charge in [-0.2, -0.15) is 0 Å². The number of aromatic hydroxyl groups is 2. The Bertz CT molecular complexity index is 1310. The number of carbonyl (C=O) groups excluding carboxylic acids is 2. The molecule has 0 fully saturated rings. The Hall–Kier alpha value is -4.32. The Kier molecular flexibility index (Phi) is 4.33. The van der Waals surface area contributed by atoms with Crippen molar-refractivity contribution in [2.45, 2.75) is 6.42 Å². The molecule has 6 nitrogen and oxygen atoms in total. The molecule has 31 heavy (non-hydrogen) atoms. The van der Waals surface area contributed by atoms with Crippen LogP contribution < -0.4 is 0 Å². The van der Waals surface area contributed by atoms with Gasteiger partial charge in [0.2, 0.25) is 0 Å². The van der Waals surface area contributed by atoms with Crippen molar-refractivity contribution in [3.63, 3.8) is 0 Å². The van der Waals surface area contributed by atoms with Gasteiger partial charge in [0.05, 0.1) is 11.1 Å². The van der Waals surface area contributed by atoms with Gasteiger partial charge in [0.25, 0.3) is 0 Å². The second kappa shape index (κ2) is 7.18. The first-order valence-corrected chi connectivity index (χ1v) is 9.60. The first kappa shape index (κ1) is 18.7. The van der Waals surface area contributed by atoms with Gasteiger partial charge in [-0.15, -0.1) is 0 Å². The smallest absolute Gasteiger partial charge is 0.386 e. The molecular weight excluding hydrogens is 396 g/mol. The van der Waals surface area contributed by atoms with Gasteiger partial charge in [0, 0.05) is 17.5 Å². The summed E-state index contributed by atoms with van der Waals surface area (Å²) in [5.74, 6) is -1.62. The summed E-state index contributed by atoms with van der Waals surface area (Å²) in [7, 11) is 0. The molecule has 6 heteroatoms. The molecule has 0 heterocycles. The normalized spacial score (nSPS) is 11.6. The van der Waals surface area contributed by atoms with Gasteiger partial charge in [-0.05, 0) is 58.7 Å². The third kappa shape index (κ3) is 3.24. The first-order valence-electron chi connectivity index (χ1n) is 9.60. The van der Waals surface area contributed by atoms with Crippen LogP contribution in [0.2, 0.25) is 0 Å². The highest BCUT2D eigenvalue weighted by atomic mass is 17.2. The minimum Gasteiger partial charge on any atom is -0.508 e. The maximum Gasteiger partial charge on any atom is 0.386 e. The lowest BCUT2D eigenvalue weighted by Gasteiger charge is -2.09. The molecule has 0 saturated carbocycles. The van der Waals surface area contributed by atoms with Crippen LogP contribution in [0.5, 0.6) is 11.5 Å². The minimum atomic E-state index is -0.866. The van der Waals surface area contributed by atoms with Crippen LogP contribution in [0.15, 0.2) is 72.8 Å². The number of carbonyl (C=O) groups is 2. The minimum absolute atomic E-state index is 0.000836. The van der Waals surface area contributed by atoms with Crippen LogP contribution in [-0.4, -0.2) is 22.2 Å². The lowest BCUT2D eigenvalue weighted by molar-refractivity contribution is -0.187. The van der Waals surface area contributed by atoms with E-state index in [-0.39, 0.29) is 22.6 Å². The molecule has 0 unspecified atom stereocenters. The number of rotatable bonds is 2. The van der Waals surface area contributed by atoms with E-state index in [1.165, 1.54) is 36.4 Å². The molecule has 3 aliphatic carbocycles. The standard InChI is InChI=1S/C25H16O6/c26-18-7-4-15(5-8-18)24(28)30-31-25(29)20-10-11-22(27)21-13-17-12-16-3-1-2-14(16)6-9-19(17)23(20)21/h1-12,26-27H,13H2. The van der Waals surface area contributed by atoms with E-state index in [4.69, 9.17) is 9.78 Å². The summed E-state index contributed by atoms with van der Waals surface area (Å²) >= 11 is 0. The zero-order valence-corrected chi connectivity index (χ0v) is 16.2. The average Bonchev–Trinajstić information content (AvgIpc) is 3.32. The Morgan fingerprint density at radius 3 is 2.32 bits per heavy atom. The van der Waals surface area contributed by atoms with Crippen molar-refractivity contribution in [2.75, 3.05) is 0 Å². The molecule has 5 rings (SSSR count). The van der Waals surface area contributed by atoms with E-state index < -0.39 is 11.9 Å². The van der Waals surface area contributed by atoms with Crippen LogP contribution in [0.4, 0.5) is 0 Å². The van der Waals surface area contributed by atoms with Gasteiger partial charge >= 0.3 is 11.9 Å². The van der Waals surface area contributed by atoms with Crippen LogP contribution in [0.1, 0.15) is 31.8 Å². The van der Waals surface area contributed by atoms with Crippen molar-refractivity contribution in [1.29, 1.82) is 0 Å². The molecule has 152 valence electrons. The lowest BCUT2D eigenvalue weighted by atomic mass is 9.99. The highest BCUT2D eigenvalue weighted by Crippen LogP contribution is 2.44. The largest absolute Gasteiger partial charge is 0.508 e. The zero-order chi connectivity index (χ0) is 21.5. The number of hydrogen-bond acceptors (Lipinski definition) is 6. The fraction of sp³-hybridized carbons (Fsp3) is 0.0400. The van der Waals surface area contributed by atoms with Crippen LogP contribution in [0, 0.1) is 0 Å². The van der Waals surface area contributed by atoms with Crippen molar-refractivity contribution < 1.29 is 29.6 Å². The van der Waals surface area contributed by atoms with Gasteiger partial charge in [0.15, 0.2) is 0 Å². The molecular formula is C25H16O6. The number of hydrogen-bond donors (Lipinski definition) is 2. The molecule has 0 saturated heterocycles. The van der Waals surface area contributed by atoms with Gasteiger partial charge in [0.1, 0.15) is 11.5 Å². The SMILES string of the molecule is O=C(OOC(=O)c1ccc(O)c2c1-c1ccc3cccc-3cc1C2)c1ccc(O)cc1. The monoisotopic (exact) mass is 412 g/mol. The first-order chi connectivity index (χ1) is 15.0. The molecule has 2 N–H and O–H groups in total. The third-order valence-electron chi connectivity index (χ3n) is 5.43. The second-order valence-corrected chi connectivity index (χ2v) is 7.30. The van der Waals surface area contributed by atoms with E-state index in [1.54, 1.807) is 0 Å². The zero-order valence-electron chi connectivity index (χ0n) is 16.2. The summed E-state index contributed by atoms with van der Waals surface area (Å²) in [4.78, 5) is 34.4. The van der Waals surface area contributed by atoms with Crippen LogP contribution in [-0.2, 0) is 16.2 Å². The van der Waals surface area contributed by atoms with Gasteiger partial charge in [-0.25, -0.2) is 19.4 Å². The maximum absolute atomic E-state index is 12.8. The van der Waals surface area contributed by atoms with E-state index >= 15 is 0 Å². The topological polar surface area (TPSA) is 93.1 Å². The Labute approximate surface area is 177 Å². The molecule has 0 aliphatic heterocycles. The summed E-state index contributed by atoms with van der Waals surface area (Å²) in [5.41, 5.74) is 5.45. The third-order valence-corrected chi connectivity index (χ3v) is 5.43. The summed E-state index contributed by atoms with van der Waals surface area (Å²) < 4.78 is 0. The highest BCUT2D eigenvalue weighted by molar-refractivity contribution is 6.01. The van der Waals surface area contributed by atoms with Crippen molar-refractivity contribution in [2.24, 2.45) is 0 Å². The number of phenolic OH excluding ortho intramolecular Hbond substituents is 2. The van der Waals surface area contributed by atoms with E-state index in [0.29, 0.717) is 17.5 Å². The molecule has 0 amide bonds. The van der Waals surface area contributed by atoms with Gasteiger partial charge < -0.3 is 10.2 Å². The summed E-state index contributed by atoms with van der Waals surface area (Å²) in [5, 5.41) is 19.7. The summed E-state index contributed by atoms with van der Waals surface area (Å²) in [6, 6.07) is 20.2.